The third-order valence-electron chi connectivity index (χ3n) is 4.58. The third kappa shape index (κ3) is 4.07. The van der Waals surface area contributed by atoms with Crippen LogP contribution in [-0.4, -0.2) is 40.9 Å². The standard InChI is InChI=1S/C18H26N4O3S/c1-18(2,3)17(23)22-9-5-6-12(10-22)11-25-14-8-4-7-13-15(14)16(19)21-26(24)20-13/h4,7-8,12,20H,5-6,9-11H2,1-3H3,(H2,19,21). The van der Waals surface area contributed by atoms with Crippen molar-refractivity contribution < 1.29 is 14.1 Å². The van der Waals surface area contributed by atoms with Gasteiger partial charge >= 0.3 is 0 Å². The van der Waals surface area contributed by atoms with Crippen LogP contribution >= 0.6 is 0 Å². The fourth-order valence-electron chi connectivity index (χ4n) is 3.32. The highest BCUT2D eigenvalue weighted by atomic mass is 32.2. The summed E-state index contributed by atoms with van der Waals surface area (Å²) in [5.41, 5.74) is 6.87. The summed E-state index contributed by atoms with van der Waals surface area (Å²) in [5, 5.41) is 0. The lowest BCUT2D eigenvalue weighted by atomic mass is 9.91. The number of likely N-dealkylation sites (tertiary alicyclic amines) is 1. The van der Waals surface area contributed by atoms with Crippen LogP contribution in [0.15, 0.2) is 22.6 Å². The third-order valence-corrected chi connectivity index (χ3v) is 5.34. The molecule has 1 amide bonds. The van der Waals surface area contributed by atoms with Gasteiger partial charge in [0.25, 0.3) is 0 Å². The molecule has 2 aliphatic rings. The molecule has 7 nitrogen and oxygen atoms in total. The van der Waals surface area contributed by atoms with E-state index >= 15 is 0 Å². The second-order valence-electron chi connectivity index (χ2n) is 7.83. The zero-order valence-electron chi connectivity index (χ0n) is 15.4. The van der Waals surface area contributed by atoms with Crippen LogP contribution in [0.4, 0.5) is 5.69 Å². The van der Waals surface area contributed by atoms with E-state index in [9.17, 15) is 9.35 Å². The Morgan fingerprint density at radius 2 is 2.27 bits per heavy atom. The lowest BCUT2D eigenvalue weighted by molar-refractivity contribution is -0.141. The SMILES string of the molecule is CC(C)(C)C(=O)N1CCCC(COc2cccc3c2C(N)=N[S+]([O-])N3)C1. The molecule has 2 aliphatic heterocycles. The quantitative estimate of drug-likeness (QED) is 0.784. The lowest BCUT2D eigenvalue weighted by Crippen LogP contribution is -2.46. The number of carbonyl (C=O) groups excluding carboxylic acids is 1. The van der Waals surface area contributed by atoms with Gasteiger partial charge in [0.15, 0.2) is 5.84 Å². The Bertz CT molecular complexity index is 717. The van der Waals surface area contributed by atoms with E-state index in [1.54, 1.807) is 6.07 Å². The minimum absolute atomic E-state index is 0.183. The molecule has 1 saturated heterocycles. The van der Waals surface area contributed by atoms with E-state index in [1.165, 1.54) is 0 Å². The molecule has 26 heavy (non-hydrogen) atoms. The average Bonchev–Trinajstić information content (AvgIpc) is 2.58. The summed E-state index contributed by atoms with van der Waals surface area (Å²) >= 11 is -1.55. The highest BCUT2D eigenvalue weighted by Gasteiger charge is 2.31. The van der Waals surface area contributed by atoms with Crippen LogP contribution in [0.3, 0.4) is 0 Å². The number of nitrogens with one attached hydrogen (secondary N) is 1. The second kappa shape index (κ2) is 7.36. The predicted molar refractivity (Wildman–Crippen MR) is 103 cm³/mol. The van der Waals surface area contributed by atoms with Crippen molar-refractivity contribution in [2.75, 3.05) is 24.4 Å². The van der Waals surface area contributed by atoms with Crippen molar-refractivity contribution in [3.8, 4) is 5.75 Å². The monoisotopic (exact) mass is 378 g/mol. The Morgan fingerprint density at radius 3 is 3.00 bits per heavy atom. The highest BCUT2D eigenvalue weighted by molar-refractivity contribution is 7.91. The topological polar surface area (TPSA) is 103 Å². The van der Waals surface area contributed by atoms with E-state index in [2.05, 4.69) is 9.12 Å². The maximum Gasteiger partial charge on any atom is 0.227 e. The summed E-state index contributed by atoms with van der Waals surface area (Å²) in [6.45, 7) is 7.86. The summed E-state index contributed by atoms with van der Waals surface area (Å²) in [4.78, 5) is 14.5. The fourth-order valence-corrected chi connectivity index (χ4v) is 3.99. The number of ether oxygens (including phenoxy) is 1. The first-order valence-corrected chi connectivity index (χ1v) is 9.94. The number of rotatable bonds is 3. The van der Waals surface area contributed by atoms with E-state index in [4.69, 9.17) is 10.5 Å². The summed E-state index contributed by atoms with van der Waals surface area (Å²) in [6, 6.07) is 5.46. The van der Waals surface area contributed by atoms with Crippen molar-refractivity contribution >= 4 is 29.0 Å². The Morgan fingerprint density at radius 1 is 1.50 bits per heavy atom. The van der Waals surface area contributed by atoms with E-state index in [0.29, 0.717) is 30.2 Å². The van der Waals surface area contributed by atoms with Crippen LogP contribution in [0.25, 0.3) is 0 Å². The molecule has 3 N–H and O–H groups in total. The number of piperidine rings is 1. The van der Waals surface area contributed by atoms with Gasteiger partial charge in [0.2, 0.25) is 17.5 Å². The van der Waals surface area contributed by atoms with Gasteiger partial charge in [-0.05, 0) is 29.4 Å². The van der Waals surface area contributed by atoms with Crippen LogP contribution in [0.5, 0.6) is 5.75 Å². The average molecular weight is 378 g/mol. The minimum atomic E-state index is -1.55. The van der Waals surface area contributed by atoms with Crippen LogP contribution in [0.2, 0.25) is 0 Å². The molecule has 0 spiro atoms. The number of hydrogen-bond acceptors (Lipinski definition) is 6. The number of amidine groups is 1. The van der Waals surface area contributed by atoms with Crippen molar-refractivity contribution in [2.45, 2.75) is 33.6 Å². The van der Waals surface area contributed by atoms with Crippen LogP contribution in [-0.2, 0) is 16.3 Å². The van der Waals surface area contributed by atoms with Gasteiger partial charge in [0.05, 0.1) is 17.9 Å². The van der Waals surface area contributed by atoms with Crippen molar-refractivity contribution in [2.24, 2.45) is 21.5 Å². The normalized spacial score (nSPS) is 22.9. The number of anilines is 1. The van der Waals surface area contributed by atoms with Crippen LogP contribution in [0.1, 0.15) is 39.2 Å². The zero-order valence-corrected chi connectivity index (χ0v) is 16.3. The predicted octanol–water partition coefficient (Wildman–Crippen LogP) is 2.06. The number of benzene rings is 1. The molecular formula is C18H26N4O3S. The first kappa shape index (κ1) is 18.8. The molecule has 1 fully saturated rings. The van der Waals surface area contributed by atoms with Gasteiger partial charge in [-0.3, -0.25) is 4.79 Å². The number of nitrogens with two attached hydrogens (primary N) is 1. The molecule has 2 unspecified atom stereocenters. The van der Waals surface area contributed by atoms with Gasteiger partial charge in [-0.1, -0.05) is 26.8 Å². The Balaban J connectivity index is 1.67. The van der Waals surface area contributed by atoms with Crippen molar-refractivity contribution in [3.05, 3.63) is 23.8 Å². The number of carbonyl (C=O) groups is 1. The van der Waals surface area contributed by atoms with Gasteiger partial charge in [0, 0.05) is 24.4 Å². The molecule has 142 valence electrons. The van der Waals surface area contributed by atoms with Crippen molar-refractivity contribution in [1.82, 2.24) is 4.90 Å². The van der Waals surface area contributed by atoms with E-state index < -0.39 is 11.5 Å². The fraction of sp³-hybridized carbons (Fsp3) is 0.556. The van der Waals surface area contributed by atoms with E-state index in [0.717, 1.165) is 19.4 Å². The van der Waals surface area contributed by atoms with E-state index in [1.807, 2.05) is 37.8 Å². The van der Waals surface area contributed by atoms with Gasteiger partial charge < -0.3 is 19.9 Å². The molecule has 2 heterocycles. The maximum absolute atomic E-state index is 12.5. The van der Waals surface area contributed by atoms with Gasteiger partial charge in [-0.15, -0.1) is 0 Å². The molecule has 0 aliphatic carbocycles. The zero-order chi connectivity index (χ0) is 18.9. The molecule has 1 aromatic carbocycles. The van der Waals surface area contributed by atoms with Gasteiger partial charge in [-0.25, -0.2) is 0 Å². The van der Waals surface area contributed by atoms with Crippen LogP contribution < -0.4 is 15.2 Å². The van der Waals surface area contributed by atoms with E-state index in [-0.39, 0.29) is 23.1 Å². The Labute approximate surface area is 157 Å². The molecule has 0 bridgehead atoms. The number of nitrogens with zero attached hydrogens (tertiary/aromatic N) is 2. The van der Waals surface area contributed by atoms with Gasteiger partial charge in [-0.2, -0.15) is 4.72 Å². The summed E-state index contributed by atoms with van der Waals surface area (Å²) in [7, 11) is 0. The first-order chi connectivity index (χ1) is 12.3. The minimum Gasteiger partial charge on any atom is -0.566 e. The molecular weight excluding hydrogens is 352 g/mol. The molecule has 0 saturated carbocycles. The van der Waals surface area contributed by atoms with Crippen LogP contribution in [0, 0.1) is 11.3 Å². The molecule has 3 rings (SSSR count). The molecule has 1 aromatic rings. The Hall–Kier alpha value is -1.93. The molecule has 0 aromatic heterocycles. The maximum atomic E-state index is 12.5. The van der Waals surface area contributed by atoms with Crippen molar-refractivity contribution in [3.63, 3.8) is 0 Å². The van der Waals surface area contributed by atoms with Gasteiger partial charge in [0.1, 0.15) is 5.75 Å². The number of amides is 1. The molecule has 0 radical (unpaired) electrons. The largest absolute Gasteiger partial charge is 0.566 e. The Kier molecular flexibility index (Phi) is 5.34. The summed E-state index contributed by atoms with van der Waals surface area (Å²) < 4.78 is 24.3. The molecule has 2 atom stereocenters. The summed E-state index contributed by atoms with van der Waals surface area (Å²) in [5.74, 6) is 1.28. The smallest absolute Gasteiger partial charge is 0.227 e. The highest BCUT2D eigenvalue weighted by Crippen LogP contribution is 2.31. The number of hydrogen-bond donors (Lipinski definition) is 2. The second-order valence-corrected chi connectivity index (χ2v) is 8.71. The lowest BCUT2D eigenvalue weighted by Gasteiger charge is -2.36. The first-order valence-electron chi connectivity index (χ1n) is 8.84. The summed E-state index contributed by atoms with van der Waals surface area (Å²) in [6.07, 6.45) is 2.00. The van der Waals surface area contributed by atoms with Crippen molar-refractivity contribution in [1.29, 1.82) is 0 Å². The number of fused-ring (bicyclic) bond motifs is 1. The molecule has 8 heteroatoms.